The summed E-state index contributed by atoms with van der Waals surface area (Å²) in [6.45, 7) is 2.17. The third kappa shape index (κ3) is 4.92. The van der Waals surface area contributed by atoms with Gasteiger partial charge in [0.15, 0.2) is 0 Å². The minimum atomic E-state index is -0.225. The Morgan fingerprint density at radius 3 is 2.72 bits per heavy atom. The molecule has 1 amide bonds. The first-order chi connectivity index (χ1) is 12.1. The molecule has 132 valence electrons. The maximum atomic E-state index is 12.5. The molecule has 5 nitrogen and oxygen atoms in total. The van der Waals surface area contributed by atoms with Gasteiger partial charge in [-0.05, 0) is 31.4 Å². The highest BCUT2D eigenvalue weighted by molar-refractivity contribution is 6.31. The van der Waals surface area contributed by atoms with E-state index in [1.165, 1.54) is 19.3 Å². The summed E-state index contributed by atoms with van der Waals surface area (Å²) in [5.74, 6) is 1.09. The fraction of sp³-hybridized carbons (Fsp3) is 0.421. The quantitative estimate of drug-likeness (QED) is 0.843. The molecule has 2 aromatic rings. The van der Waals surface area contributed by atoms with Crippen molar-refractivity contribution in [2.75, 3.05) is 5.32 Å². The summed E-state index contributed by atoms with van der Waals surface area (Å²) < 4.78 is 0. The van der Waals surface area contributed by atoms with Gasteiger partial charge in [0.2, 0.25) is 0 Å². The first-order valence-corrected chi connectivity index (χ1v) is 9.13. The summed E-state index contributed by atoms with van der Waals surface area (Å²) in [7, 11) is 0. The number of benzene rings is 1. The topological polar surface area (TPSA) is 66.9 Å². The zero-order chi connectivity index (χ0) is 17.6. The van der Waals surface area contributed by atoms with Crippen LogP contribution >= 0.6 is 11.6 Å². The first kappa shape index (κ1) is 17.7. The van der Waals surface area contributed by atoms with Crippen molar-refractivity contribution >= 4 is 23.3 Å². The van der Waals surface area contributed by atoms with E-state index in [1.54, 1.807) is 13.0 Å². The summed E-state index contributed by atoms with van der Waals surface area (Å²) in [5, 5.41) is 6.96. The predicted molar refractivity (Wildman–Crippen MR) is 99.9 cm³/mol. The average Bonchev–Trinajstić information content (AvgIpc) is 2.61. The fourth-order valence-corrected chi connectivity index (χ4v) is 3.32. The van der Waals surface area contributed by atoms with E-state index in [0.717, 1.165) is 24.2 Å². The Balaban J connectivity index is 1.66. The van der Waals surface area contributed by atoms with Crippen LogP contribution in [-0.4, -0.2) is 21.9 Å². The SMILES string of the molecule is Cc1nc(NC2CCCCC2)cc(C(=O)NCc2ccccc2Cl)n1. The molecule has 1 aromatic carbocycles. The second-order valence-electron chi connectivity index (χ2n) is 6.44. The highest BCUT2D eigenvalue weighted by Crippen LogP contribution is 2.21. The van der Waals surface area contributed by atoms with Gasteiger partial charge in [0.05, 0.1) is 0 Å². The van der Waals surface area contributed by atoms with Crippen molar-refractivity contribution in [3.63, 3.8) is 0 Å². The van der Waals surface area contributed by atoms with E-state index in [4.69, 9.17) is 11.6 Å². The third-order valence-electron chi connectivity index (χ3n) is 4.42. The zero-order valence-corrected chi connectivity index (χ0v) is 15.1. The van der Waals surface area contributed by atoms with Gasteiger partial charge in [-0.3, -0.25) is 4.79 Å². The summed E-state index contributed by atoms with van der Waals surface area (Å²) in [5.41, 5.74) is 1.25. The Labute approximate surface area is 153 Å². The Morgan fingerprint density at radius 2 is 1.96 bits per heavy atom. The number of aromatic nitrogens is 2. The molecule has 0 bridgehead atoms. The van der Waals surface area contributed by atoms with Crippen molar-refractivity contribution in [3.8, 4) is 0 Å². The third-order valence-corrected chi connectivity index (χ3v) is 4.79. The molecule has 1 aliphatic carbocycles. The van der Waals surface area contributed by atoms with Gasteiger partial charge in [-0.15, -0.1) is 0 Å². The molecule has 0 saturated heterocycles. The molecule has 1 aliphatic rings. The Bertz CT molecular complexity index is 744. The maximum Gasteiger partial charge on any atom is 0.270 e. The van der Waals surface area contributed by atoms with Crippen LogP contribution < -0.4 is 10.6 Å². The van der Waals surface area contributed by atoms with Crippen molar-refractivity contribution in [2.24, 2.45) is 0 Å². The van der Waals surface area contributed by atoms with Crippen molar-refractivity contribution in [1.82, 2.24) is 15.3 Å². The normalized spacial score (nSPS) is 15.0. The molecule has 25 heavy (non-hydrogen) atoms. The first-order valence-electron chi connectivity index (χ1n) is 8.75. The van der Waals surface area contributed by atoms with Crippen LogP contribution in [0.25, 0.3) is 0 Å². The van der Waals surface area contributed by atoms with Gasteiger partial charge in [0.25, 0.3) is 5.91 Å². The summed E-state index contributed by atoms with van der Waals surface area (Å²) in [6.07, 6.45) is 6.09. The van der Waals surface area contributed by atoms with Crippen molar-refractivity contribution in [1.29, 1.82) is 0 Å². The molecule has 0 radical (unpaired) electrons. The summed E-state index contributed by atoms with van der Waals surface area (Å²) >= 11 is 6.13. The Kier molecular flexibility index (Phi) is 5.87. The van der Waals surface area contributed by atoms with Gasteiger partial charge < -0.3 is 10.6 Å². The number of anilines is 1. The van der Waals surface area contributed by atoms with Crippen LogP contribution in [0.3, 0.4) is 0 Å². The summed E-state index contributed by atoms with van der Waals surface area (Å²) in [4.78, 5) is 21.1. The van der Waals surface area contributed by atoms with Crippen LogP contribution in [0.5, 0.6) is 0 Å². The number of nitrogens with one attached hydrogen (secondary N) is 2. The number of amides is 1. The maximum absolute atomic E-state index is 12.5. The van der Waals surface area contributed by atoms with Crippen molar-refractivity contribution in [2.45, 2.75) is 51.6 Å². The van der Waals surface area contributed by atoms with E-state index in [1.807, 2.05) is 24.3 Å². The van der Waals surface area contributed by atoms with E-state index in [0.29, 0.717) is 29.1 Å². The second kappa shape index (κ2) is 8.30. The number of rotatable bonds is 5. The standard InChI is InChI=1S/C19H23ClN4O/c1-13-22-17(11-18(23-13)24-15-8-3-2-4-9-15)19(25)21-12-14-7-5-6-10-16(14)20/h5-7,10-11,15H,2-4,8-9,12H2,1H3,(H,21,25)(H,22,23,24). The van der Waals surface area contributed by atoms with Crippen molar-refractivity contribution < 1.29 is 4.79 Å². The van der Waals surface area contributed by atoms with Crippen molar-refractivity contribution in [3.05, 3.63) is 52.4 Å². The van der Waals surface area contributed by atoms with Crippen LogP contribution in [0, 0.1) is 6.92 Å². The smallest absolute Gasteiger partial charge is 0.270 e. The minimum Gasteiger partial charge on any atom is -0.367 e. The van der Waals surface area contributed by atoms with E-state index >= 15 is 0 Å². The molecule has 1 aromatic heterocycles. The molecule has 1 saturated carbocycles. The van der Waals surface area contributed by atoms with Gasteiger partial charge in [-0.25, -0.2) is 9.97 Å². The van der Waals surface area contributed by atoms with Crippen LogP contribution in [-0.2, 0) is 6.54 Å². The highest BCUT2D eigenvalue weighted by atomic mass is 35.5. The van der Waals surface area contributed by atoms with Gasteiger partial charge in [0.1, 0.15) is 17.3 Å². The van der Waals surface area contributed by atoms with Crippen LogP contribution in [0.2, 0.25) is 5.02 Å². The van der Waals surface area contributed by atoms with Crippen LogP contribution in [0.15, 0.2) is 30.3 Å². The fourth-order valence-electron chi connectivity index (χ4n) is 3.12. The van der Waals surface area contributed by atoms with E-state index in [2.05, 4.69) is 20.6 Å². The van der Waals surface area contributed by atoms with E-state index < -0.39 is 0 Å². The monoisotopic (exact) mass is 358 g/mol. The molecule has 6 heteroatoms. The van der Waals surface area contributed by atoms with Gasteiger partial charge >= 0.3 is 0 Å². The largest absolute Gasteiger partial charge is 0.367 e. The number of aryl methyl sites for hydroxylation is 1. The lowest BCUT2D eigenvalue weighted by Gasteiger charge is -2.23. The lowest BCUT2D eigenvalue weighted by Crippen LogP contribution is -2.26. The predicted octanol–water partition coefficient (Wildman–Crippen LogP) is 4.11. The molecule has 1 heterocycles. The number of carbonyl (C=O) groups excluding carboxylic acids is 1. The lowest BCUT2D eigenvalue weighted by molar-refractivity contribution is 0.0945. The number of hydrogen-bond acceptors (Lipinski definition) is 4. The minimum absolute atomic E-state index is 0.225. The molecule has 0 aliphatic heterocycles. The number of halogens is 1. The molecule has 3 rings (SSSR count). The second-order valence-corrected chi connectivity index (χ2v) is 6.85. The highest BCUT2D eigenvalue weighted by Gasteiger charge is 2.16. The average molecular weight is 359 g/mol. The Hall–Kier alpha value is -2.14. The van der Waals surface area contributed by atoms with Gasteiger partial charge in [-0.2, -0.15) is 0 Å². The van der Waals surface area contributed by atoms with Gasteiger partial charge in [-0.1, -0.05) is 49.1 Å². The van der Waals surface area contributed by atoms with E-state index in [9.17, 15) is 4.79 Å². The van der Waals surface area contributed by atoms with Gasteiger partial charge in [0, 0.05) is 23.7 Å². The molecule has 0 spiro atoms. The number of nitrogens with zero attached hydrogens (tertiary/aromatic N) is 2. The molecule has 0 atom stereocenters. The molecule has 0 unspecified atom stereocenters. The molecular formula is C19H23ClN4O. The van der Waals surface area contributed by atoms with Crippen LogP contribution in [0.4, 0.5) is 5.82 Å². The Morgan fingerprint density at radius 1 is 1.20 bits per heavy atom. The zero-order valence-electron chi connectivity index (χ0n) is 14.4. The lowest BCUT2D eigenvalue weighted by atomic mass is 9.95. The summed E-state index contributed by atoms with van der Waals surface area (Å²) in [6, 6.07) is 9.62. The van der Waals surface area contributed by atoms with E-state index in [-0.39, 0.29) is 5.91 Å². The number of carbonyl (C=O) groups is 1. The molecule has 1 fully saturated rings. The molecule has 2 N–H and O–H groups in total. The molecular weight excluding hydrogens is 336 g/mol. The van der Waals surface area contributed by atoms with Crippen LogP contribution in [0.1, 0.15) is 54.0 Å². The number of hydrogen-bond donors (Lipinski definition) is 2.